The second-order valence-corrected chi connectivity index (χ2v) is 6.01. The number of halogens is 1. The van der Waals surface area contributed by atoms with Gasteiger partial charge in [-0.2, -0.15) is 0 Å². The lowest BCUT2D eigenvalue weighted by Crippen LogP contribution is -2.15. The van der Waals surface area contributed by atoms with Gasteiger partial charge in [0.15, 0.2) is 5.16 Å². The van der Waals surface area contributed by atoms with Crippen LogP contribution in [0.25, 0.3) is 0 Å². The molecule has 1 heterocycles. The van der Waals surface area contributed by atoms with Crippen LogP contribution in [0.15, 0.2) is 40.5 Å². The van der Waals surface area contributed by atoms with Crippen LogP contribution in [0.2, 0.25) is 0 Å². The molecule has 1 aliphatic rings. The zero-order valence-corrected chi connectivity index (χ0v) is 12.1. The Labute approximate surface area is 122 Å². The highest BCUT2D eigenvalue weighted by molar-refractivity contribution is 7.99. The first-order valence-electron chi connectivity index (χ1n) is 6.70. The zero-order valence-electron chi connectivity index (χ0n) is 11.3. The van der Waals surface area contributed by atoms with Crippen molar-refractivity contribution in [3.05, 3.63) is 47.5 Å². The minimum absolute atomic E-state index is 0.213. The van der Waals surface area contributed by atoms with Crippen molar-refractivity contribution < 1.29 is 4.39 Å². The van der Waals surface area contributed by atoms with Gasteiger partial charge in [-0.15, -0.1) is 0 Å². The van der Waals surface area contributed by atoms with Crippen molar-refractivity contribution in [2.75, 3.05) is 0 Å². The van der Waals surface area contributed by atoms with Crippen LogP contribution in [0.3, 0.4) is 0 Å². The quantitative estimate of drug-likeness (QED) is 0.857. The lowest BCUT2D eigenvalue weighted by molar-refractivity contribution is 0.595. The SMILES string of the molecule is Cc1ccnc(Sc2ccc(CNC3CC3)cc2F)n1. The Bertz CT molecular complexity index is 614. The van der Waals surface area contributed by atoms with Crippen molar-refractivity contribution in [1.29, 1.82) is 0 Å². The third kappa shape index (κ3) is 3.55. The fraction of sp³-hybridized carbons (Fsp3) is 0.333. The van der Waals surface area contributed by atoms with E-state index in [1.165, 1.54) is 24.6 Å². The van der Waals surface area contributed by atoms with Crippen LogP contribution < -0.4 is 5.32 Å². The van der Waals surface area contributed by atoms with Crippen LogP contribution in [0.5, 0.6) is 0 Å². The van der Waals surface area contributed by atoms with E-state index >= 15 is 0 Å². The summed E-state index contributed by atoms with van der Waals surface area (Å²) in [5, 5.41) is 3.96. The molecule has 0 saturated heterocycles. The first-order valence-corrected chi connectivity index (χ1v) is 7.52. The Hall–Kier alpha value is -1.46. The average Bonchev–Trinajstić information content (AvgIpc) is 3.23. The van der Waals surface area contributed by atoms with E-state index in [-0.39, 0.29) is 5.82 Å². The maximum Gasteiger partial charge on any atom is 0.192 e. The molecular weight excluding hydrogens is 273 g/mol. The van der Waals surface area contributed by atoms with Crippen molar-refractivity contribution in [3.63, 3.8) is 0 Å². The smallest absolute Gasteiger partial charge is 0.192 e. The molecule has 1 N–H and O–H groups in total. The highest BCUT2D eigenvalue weighted by atomic mass is 32.2. The number of aromatic nitrogens is 2. The van der Waals surface area contributed by atoms with E-state index in [1.54, 1.807) is 18.3 Å². The molecule has 0 radical (unpaired) electrons. The number of hydrogen-bond acceptors (Lipinski definition) is 4. The van der Waals surface area contributed by atoms with E-state index in [0.717, 1.165) is 17.8 Å². The van der Waals surface area contributed by atoms with E-state index < -0.39 is 0 Å². The first kappa shape index (κ1) is 13.5. The normalized spacial score (nSPS) is 14.5. The van der Waals surface area contributed by atoms with Crippen LogP contribution in [0.4, 0.5) is 4.39 Å². The van der Waals surface area contributed by atoms with Gasteiger partial charge >= 0.3 is 0 Å². The number of nitrogens with zero attached hydrogens (tertiary/aromatic N) is 2. The molecule has 0 amide bonds. The standard InChI is InChI=1S/C15H16FN3S/c1-10-6-7-17-15(19-10)20-14-5-2-11(8-13(14)16)9-18-12-3-4-12/h2,5-8,12,18H,3-4,9H2,1H3. The fourth-order valence-corrected chi connectivity index (χ4v) is 2.65. The maximum atomic E-state index is 14.1. The molecule has 0 atom stereocenters. The monoisotopic (exact) mass is 289 g/mol. The van der Waals surface area contributed by atoms with E-state index in [1.807, 2.05) is 19.1 Å². The molecule has 1 aromatic heterocycles. The highest BCUT2D eigenvalue weighted by Gasteiger charge is 2.20. The lowest BCUT2D eigenvalue weighted by atomic mass is 10.2. The minimum Gasteiger partial charge on any atom is -0.310 e. The van der Waals surface area contributed by atoms with Gasteiger partial charge in [-0.3, -0.25) is 0 Å². The number of nitrogens with one attached hydrogen (secondary N) is 1. The minimum atomic E-state index is -0.213. The van der Waals surface area contributed by atoms with Gasteiger partial charge in [0.25, 0.3) is 0 Å². The molecule has 1 aliphatic carbocycles. The zero-order chi connectivity index (χ0) is 13.9. The summed E-state index contributed by atoms with van der Waals surface area (Å²) in [6, 6.07) is 7.81. The molecule has 0 unspecified atom stereocenters. The third-order valence-electron chi connectivity index (χ3n) is 3.14. The van der Waals surface area contributed by atoms with Gasteiger partial charge in [0, 0.05) is 24.5 Å². The summed E-state index contributed by atoms with van der Waals surface area (Å²) in [6.45, 7) is 2.63. The molecule has 0 spiro atoms. The van der Waals surface area contributed by atoms with E-state index in [9.17, 15) is 4.39 Å². The number of aryl methyl sites for hydroxylation is 1. The summed E-state index contributed by atoms with van der Waals surface area (Å²) >= 11 is 1.26. The molecule has 0 bridgehead atoms. The van der Waals surface area contributed by atoms with Gasteiger partial charge in [-0.05, 0) is 55.3 Å². The predicted octanol–water partition coefficient (Wildman–Crippen LogP) is 3.33. The molecule has 0 aliphatic heterocycles. The maximum absolute atomic E-state index is 14.1. The van der Waals surface area contributed by atoms with Gasteiger partial charge in [0.2, 0.25) is 0 Å². The Balaban J connectivity index is 1.69. The molecule has 1 aromatic carbocycles. The molecule has 20 heavy (non-hydrogen) atoms. The lowest BCUT2D eigenvalue weighted by Gasteiger charge is -2.06. The Kier molecular flexibility index (Phi) is 3.98. The van der Waals surface area contributed by atoms with Gasteiger partial charge in [-0.25, -0.2) is 14.4 Å². The molecule has 104 valence electrons. The fourth-order valence-electron chi connectivity index (χ4n) is 1.86. The molecule has 1 fully saturated rings. The van der Waals surface area contributed by atoms with Crippen LogP contribution in [0.1, 0.15) is 24.1 Å². The number of hydrogen-bond donors (Lipinski definition) is 1. The van der Waals surface area contributed by atoms with E-state index in [4.69, 9.17) is 0 Å². The van der Waals surface area contributed by atoms with Crippen LogP contribution >= 0.6 is 11.8 Å². The molecule has 3 rings (SSSR count). The molecule has 1 saturated carbocycles. The van der Waals surface area contributed by atoms with Crippen LogP contribution in [-0.4, -0.2) is 16.0 Å². The van der Waals surface area contributed by atoms with Crippen LogP contribution in [0, 0.1) is 12.7 Å². The van der Waals surface area contributed by atoms with Crippen molar-refractivity contribution in [3.8, 4) is 0 Å². The van der Waals surface area contributed by atoms with Crippen LogP contribution in [-0.2, 0) is 6.54 Å². The molecule has 5 heteroatoms. The second kappa shape index (κ2) is 5.89. The van der Waals surface area contributed by atoms with Gasteiger partial charge in [-0.1, -0.05) is 6.07 Å². The van der Waals surface area contributed by atoms with Gasteiger partial charge in [0.05, 0.1) is 4.90 Å². The Morgan fingerprint density at radius 2 is 2.20 bits per heavy atom. The largest absolute Gasteiger partial charge is 0.310 e. The summed E-state index contributed by atoms with van der Waals surface area (Å²) in [7, 11) is 0. The molecule has 2 aromatic rings. The summed E-state index contributed by atoms with van der Waals surface area (Å²) in [5.74, 6) is -0.213. The van der Waals surface area contributed by atoms with Crippen molar-refractivity contribution >= 4 is 11.8 Å². The molecular formula is C15H16FN3S. The Morgan fingerprint density at radius 1 is 1.35 bits per heavy atom. The molecule has 3 nitrogen and oxygen atoms in total. The summed E-state index contributed by atoms with van der Waals surface area (Å²) in [6.07, 6.45) is 4.17. The third-order valence-corrected chi connectivity index (χ3v) is 4.07. The number of rotatable bonds is 5. The topological polar surface area (TPSA) is 37.8 Å². The average molecular weight is 289 g/mol. The first-order chi connectivity index (χ1) is 9.70. The van der Waals surface area contributed by atoms with Crippen molar-refractivity contribution in [2.24, 2.45) is 0 Å². The number of benzene rings is 1. The van der Waals surface area contributed by atoms with Crippen molar-refractivity contribution in [2.45, 2.75) is 42.4 Å². The second-order valence-electron chi connectivity index (χ2n) is 5.00. The predicted molar refractivity (Wildman–Crippen MR) is 77.2 cm³/mol. The summed E-state index contributed by atoms with van der Waals surface area (Å²) in [4.78, 5) is 8.97. The summed E-state index contributed by atoms with van der Waals surface area (Å²) < 4.78 is 14.1. The van der Waals surface area contributed by atoms with E-state index in [0.29, 0.717) is 16.1 Å². The van der Waals surface area contributed by atoms with E-state index in [2.05, 4.69) is 15.3 Å². The highest BCUT2D eigenvalue weighted by Crippen LogP contribution is 2.28. The van der Waals surface area contributed by atoms with Gasteiger partial charge in [0.1, 0.15) is 5.82 Å². The van der Waals surface area contributed by atoms with Gasteiger partial charge < -0.3 is 5.32 Å². The summed E-state index contributed by atoms with van der Waals surface area (Å²) in [5.41, 5.74) is 1.86. The Morgan fingerprint density at radius 3 is 2.90 bits per heavy atom. The van der Waals surface area contributed by atoms with Crippen molar-refractivity contribution in [1.82, 2.24) is 15.3 Å².